The summed E-state index contributed by atoms with van der Waals surface area (Å²) in [7, 11) is 9.24. The van der Waals surface area contributed by atoms with Crippen LogP contribution in [0.4, 0.5) is 21.7 Å². The van der Waals surface area contributed by atoms with Gasteiger partial charge in [0.1, 0.15) is 22.7 Å². The lowest BCUT2D eigenvalue weighted by Crippen LogP contribution is -2.57. The monoisotopic (exact) mass is 478 g/mol. The van der Waals surface area contributed by atoms with E-state index in [1.807, 2.05) is 19.2 Å². The highest BCUT2D eigenvalue weighted by molar-refractivity contribution is 5.78. The first-order valence-electron chi connectivity index (χ1n) is 11.1. The highest BCUT2D eigenvalue weighted by Gasteiger charge is 2.31. The summed E-state index contributed by atoms with van der Waals surface area (Å²) in [6.07, 6.45) is 4.37. The number of imidazole rings is 1. The molecule has 5 rings (SSSR count). The van der Waals surface area contributed by atoms with Gasteiger partial charge < -0.3 is 29.2 Å². The van der Waals surface area contributed by atoms with E-state index in [4.69, 9.17) is 9.47 Å². The number of hydrogen-bond acceptors (Lipinski definition) is 9. The van der Waals surface area contributed by atoms with Crippen molar-refractivity contribution in [2.75, 3.05) is 51.6 Å². The minimum atomic E-state index is -0.555. The minimum Gasteiger partial charge on any atom is -0.494 e. The number of ether oxygens (including phenoxy) is 2. The SMILES string of the molecule is COc1cc(N2CC(N(C)C)C2)c(OC)cc1Nc1ncc(F)c(-c2cnc3c(c2)ncn3C)n1. The van der Waals surface area contributed by atoms with Crippen LogP contribution in [0.5, 0.6) is 11.5 Å². The van der Waals surface area contributed by atoms with Crippen LogP contribution in [0.3, 0.4) is 0 Å². The third-order valence-electron chi connectivity index (χ3n) is 6.25. The summed E-state index contributed by atoms with van der Waals surface area (Å²) in [5.74, 6) is 0.950. The molecule has 1 fully saturated rings. The largest absolute Gasteiger partial charge is 0.494 e. The molecular formula is C24H27FN8O2. The number of aryl methyl sites for hydroxylation is 1. The average molecular weight is 479 g/mol. The molecule has 1 aliphatic heterocycles. The molecule has 0 unspecified atom stereocenters. The van der Waals surface area contributed by atoms with E-state index in [-0.39, 0.29) is 11.6 Å². The topological polar surface area (TPSA) is 93.5 Å². The zero-order valence-corrected chi connectivity index (χ0v) is 20.3. The lowest BCUT2D eigenvalue weighted by Gasteiger charge is -2.44. The van der Waals surface area contributed by atoms with Gasteiger partial charge in [-0.2, -0.15) is 0 Å². The lowest BCUT2D eigenvalue weighted by molar-refractivity contribution is 0.245. The Morgan fingerprint density at radius 3 is 2.51 bits per heavy atom. The fourth-order valence-corrected chi connectivity index (χ4v) is 4.10. The number of benzene rings is 1. The second kappa shape index (κ2) is 8.99. The van der Waals surface area contributed by atoms with Crippen molar-refractivity contribution < 1.29 is 13.9 Å². The molecule has 1 N–H and O–H groups in total. The van der Waals surface area contributed by atoms with Gasteiger partial charge in [-0.15, -0.1) is 0 Å². The molecular weight excluding hydrogens is 451 g/mol. The number of methoxy groups -OCH3 is 2. The molecule has 4 heterocycles. The first-order valence-corrected chi connectivity index (χ1v) is 11.1. The van der Waals surface area contributed by atoms with Crippen molar-refractivity contribution in [3.05, 3.63) is 42.7 Å². The van der Waals surface area contributed by atoms with Crippen LogP contribution in [0.1, 0.15) is 0 Å². The van der Waals surface area contributed by atoms with E-state index in [0.29, 0.717) is 40.0 Å². The molecule has 0 atom stereocenters. The van der Waals surface area contributed by atoms with Gasteiger partial charge in [0.2, 0.25) is 5.95 Å². The standard InChI is InChI=1S/C24H27FN8O2/c1-31(2)15-11-33(12-15)19-8-20(34-4)17(7-21(19)35-5)29-24-27-10-16(25)22(30-24)14-6-18-23(26-9-14)32(3)13-28-18/h6-10,13,15H,11-12H2,1-5H3,(H,27,29,30). The number of likely N-dealkylation sites (N-methyl/N-ethyl adjacent to an activating group) is 1. The molecule has 0 spiro atoms. The number of pyridine rings is 1. The van der Waals surface area contributed by atoms with E-state index in [2.05, 4.69) is 49.1 Å². The number of nitrogens with zero attached hydrogens (tertiary/aromatic N) is 7. The van der Waals surface area contributed by atoms with Crippen LogP contribution in [-0.4, -0.2) is 76.8 Å². The fourth-order valence-electron chi connectivity index (χ4n) is 4.10. The Kier molecular flexibility index (Phi) is 5.85. The Morgan fingerprint density at radius 2 is 1.80 bits per heavy atom. The number of aromatic nitrogens is 5. The molecule has 182 valence electrons. The maximum absolute atomic E-state index is 14.7. The maximum Gasteiger partial charge on any atom is 0.228 e. The molecule has 3 aromatic heterocycles. The summed E-state index contributed by atoms with van der Waals surface area (Å²) in [6, 6.07) is 6.01. The van der Waals surface area contributed by atoms with Crippen molar-refractivity contribution in [2.24, 2.45) is 7.05 Å². The molecule has 4 aromatic rings. The first-order chi connectivity index (χ1) is 16.9. The molecule has 10 nitrogen and oxygen atoms in total. The molecule has 1 aliphatic rings. The van der Waals surface area contributed by atoms with Crippen LogP contribution in [0.2, 0.25) is 0 Å². The number of anilines is 3. The van der Waals surface area contributed by atoms with Crippen LogP contribution >= 0.6 is 0 Å². The summed E-state index contributed by atoms with van der Waals surface area (Å²) in [6.45, 7) is 1.80. The van der Waals surface area contributed by atoms with Gasteiger partial charge in [-0.1, -0.05) is 0 Å². The summed E-state index contributed by atoms with van der Waals surface area (Å²) in [5, 5.41) is 3.15. The van der Waals surface area contributed by atoms with Gasteiger partial charge in [-0.25, -0.2) is 24.3 Å². The van der Waals surface area contributed by atoms with Gasteiger partial charge in [0, 0.05) is 50.1 Å². The Balaban J connectivity index is 1.45. The minimum absolute atomic E-state index is 0.125. The second-order valence-electron chi connectivity index (χ2n) is 8.68. The van der Waals surface area contributed by atoms with Crippen LogP contribution in [-0.2, 0) is 7.05 Å². The zero-order chi connectivity index (χ0) is 24.7. The highest BCUT2D eigenvalue weighted by Crippen LogP contribution is 2.41. The van der Waals surface area contributed by atoms with E-state index >= 15 is 0 Å². The third kappa shape index (κ3) is 4.18. The molecule has 0 aliphatic carbocycles. The summed E-state index contributed by atoms with van der Waals surface area (Å²) >= 11 is 0. The van der Waals surface area contributed by atoms with Crippen LogP contribution in [0.25, 0.3) is 22.4 Å². The number of rotatable bonds is 7. The number of nitrogens with one attached hydrogen (secondary N) is 1. The number of fused-ring (bicyclic) bond motifs is 1. The quantitative estimate of drug-likeness (QED) is 0.430. The van der Waals surface area contributed by atoms with Crippen molar-refractivity contribution in [2.45, 2.75) is 6.04 Å². The van der Waals surface area contributed by atoms with Gasteiger partial charge in [0.05, 0.1) is 38.1 Å². The lowest BCUT2D eigenvalue weighted by atomic mass is 10.1. The zero-order valence-electron chi connectivity index (χ0n) is 20.3. The highest BCUT2D eigenvalue weighted by atomic mass is 19.1. The molecule has 11 heteroatoms. The normalized spacial score (nSPS) is 13.9. The van der Waals surface area contributed by atoms with Crippen molar-refractivity contribution in [1.82, 2.24) is 29.4 Å². The summed E-state index contributed by atoms with van der Waals surface area (Å²) in [5.41, 5.74) is 3.55. The van der Waals surface area contributed by atoms with Gasteiger partial charge in [-0.3, -0.25) is 0 Å². The first kappa shape index (κ1) is 22.8. The van der Waals surface area contributed by atoms with Gasteiger partial charge in [0.25, 0.3) is 0 Å². The van der Waals surface area contributed by atoms with E-state index in [1.165, 1.54) is 0 Å². The average Bonchev–Trinajstić information content (AvgIpc) is 3.19. The fraction of sp³-hybridized carbons (Fsp3) is 0.333. The van der Waals surface area contributed by atoms with Gasteiger partial charge in [0.15, 0.2) is 11.5 Å². The van der Waals surface area contributed by atoms with Gasteiger partial charge in [-0.05, 0) is 20.2 Å². The molecule has 0 bridgehead atoms. The number of hydrogen-bond donors (Lipinski definition) is 1. The van der Waals surface area contributed by atoms with Crippen molar-refractivity contribution >= 4 is 28.5 Å². The number of halogens is 1. The van der Waals surface area contributed by atoms with Crippen molar-refractivity contribution in [1.29, 1.82) is 0 Å². The van der Waals surface area contributed by atoms with E-state index in [9.17, 15) is 4.39 Å². The molecule has 35 heavy (non-hydrogen) atoms. The van der Waals surface area contributed by atoms with Crippen molar-refractivity contribution in [3.63, 3.8) is 0 Å². The Bertz CT molecular complexity index is 1380. The summed E-state index contributed by atoms with van der Waals surface area (Å²) < 4.78 is 27.8. The molecule has 0 radical (unpaired) electrons. The summed E-state index contributed by atoms with van der Waals surface area (Å²) in [4.78, 5) is 21.7. The van der Waals surface area contributed by atoms with E-state index in [1.54, 1.807) is 37.4 Å². The Morgan fingerprint density at radius 1 is 1.03 bits per heavy atom. The molecule has 1 aromatic carbocycles. The Hall–Kier alpha value is -3.99. The second-order valence-corrected chi connectivity index (χ2v) is 8.68. The van der Waals surface area contributed by atoms with Crippen LogP contribution < -0.4 is 19.7 Å². The van der Waals surface area contributed by atoms with Gasteiger partial charge >= 0.3 is 0 Å². The van der Waals surface area contributed by atoms with Crippen LogP contribution in [0, 0.1) is 5.82 Å². The van der Waals surface area contributed by atoms with E-state index in [0.717, 1.165) is 25.0 Å². The van der Waals surface area contributed by atoms with Crippen LogP contribution in [0.15, 0.2) is 36.9 Å². The molecule has 1 saturated heterocycles. The molecule has 0 amide bonds. The maximum atomic E-state index is 14.7. The van der Waals surface area contributed by atoms with Crippen molar-refractivity contribution in [3.8, 4) is 22.8 Å². The smallest absolute Gasteiger partial charge is 0.228 e. The van der Waals surface area contributed by atoms with E-state index < -0.39 is 5.82 Å². The predicted molar refractivity (Wildman–Crippen MR) is 132 cm³/mol. The third-order valence-corrected chi connectivity index (χ3v) is 6.25. The molecule has 0 saturated carbocycles. The Labute approximate surface area is 202 Å². The predicted octanol–water partition coefficient (Wildman–Crippen LogP) is 3.08.